The zero-order valence-corrected chi connectivity index (χ0v) is 25.0. The second kappa shape index (κ2) is 9.12. The molecule has 0 bridgehead atoms. The van der Waals surface area contributed by atoms with Gasteiger partial charge in [0.15, 0.2) is 0 Å². The van der Waals surface area contributed by atoms with E-state index in [1.807, 2.05) is 12.4 Å². The lowest BCUT2D eigenvalue weighted by molar-refractivity contribution is 0.288. The van der Waals surface area contributed by atoms with Crippen LogP contribution in [-0.4, -0.2) is 16.2 Å². The maximum Gasteiger partial charge on any atom is 0.142 e. The Morgan fingerprint density at radius 1 is 0.775 bits per heavy atom. The molecule has 1 atom stereocenters. The smallest absolute Gasteiger partial charge is 0.142 e. The van der Waals surface area contributed by atoms with Crippen LogP contribution in [0.4, 0.5) is 0 Å². The van der Waals surface area contributed by atoms with E-state index >= 15 is 0 Å². The van der Waals surface area contributed by atoms with Gasteiger partial charge in [-0.15, -0.1) is 0 Å². The van der Waals surface area contributed by atoms with Crippen LogP contribution in [0.2, 0.25) is 0 Å². The first-order chi connectivity index (χ1) is 18.8. The van der Waals surface area contributed by atoms with Crippen molar-refractivity contribution in [1.29, 1.82) is 0 Å². The average Bonchev–Trinajstić information content (AvgIpc) is 3.50. The average molecular weight is 530 g/mol. The minimum atomic E-state index is -0.154. The molecule has 0 fully saturated rings. The number of furan rings is 1. The summed E-state index contributed by atoms with van der Waals surface area (Å²) in [5, 5.41) is 1.17. The number of nitrogens with zero attached hydrogens (tertiary/aromatic N) is 3. The molecule has 0 spiro atoms. The molecule has 0 saturated heterocycles. The van der Waals surface area contributed by atoms with Crippen molar-refractivity contribution in [2.24, 2.45) is 10.4 Å². The minimum Gasteiger partial charge on any atom is -0.460 e. The standard InChI is InChI=1S/C36H39N3O/c1-34(2,3)29-21-37-30-24(15-12-18-28(30)39-29)25-16-11-17-26-27(33(35(4,5)6)40-31(25)26)19-36(7,8)32-23-14-10-9-13-22(23)20-38-32/h9-18,20-21,32H,19H2,1-8H3. The van der Waals surface area contributed by atoms with E-state index in [1.165, 1.54) is 22.1 Å². The Morgan fingerprint density at radius 3 is 2.25 bits per heavy atom. The number of aromatic nitrogens is 2. The fourth-order valence-electron chi connectivity index (χ4n) is 6.07. The molecule has 40 heavy (non-hydrogen) atoms. The van der Waals surface area contributed by atoms with Crippen molar-refractivity contribution in [3.63, 3.8) is 0 Å². The van der Waals surface area contributed by atoms with Crippen LogP contribution in [0.5, 0.6) is 0 Å². The lowest BCUT2D eigenvalue weighted by Crippen LogP contribution is -2.24. The van der Waals surface area contributed by atoms with Gasteiger partial charge in [0.05, 0.1) is 22.8 Å². The summed E-state index contributed by atoms with van der Waals surface area (Å²) in [7, 11) is 0. The quantitative estimate of drug-likeness (QED) is 0.233. The summed E-state index contributed by atoms with van der Waals surface area (Å²) in [5.74, 6) is 1.04. The molecular weight excluding hydrogens is 490 g/mol. The van der Waals surface area contributed by atoms with Crippen LogP contribution < -0.4 is 0 Å². The molecular formula is C36H39N3O. The van der Waals surface area contributed by atoms with Gasteiger partial charge in [0.2, 0.25) is 0 Å². The molecule has 0 radical (unpaired) electrons. The van der Waals surface area contributed by atoms with Gasteiger partial charge in [-0.3, -0.25) is 9.98 Å². The van der Waals surface area contributed by atoms with Crippen molar-refractivity contribution >= 4 is 28.2 Å². The van der Waals surface area contributed by atoms with Gasteiger partial charge in [-0.25, -0.2) is 4.98 Å². The molecule has 0 amide bonds. The number of fused-ring (bicyclic) bond motifs is 3. The normalized spacial score (nSPS) is 15.8. The maximum absolute atomic E-state index is 6.87. The molecule has 1 aliphatic rings. The lowest BCUT2D eigenvalue weighted by Gasteiger charge is -2.31. The Balaban J connectivity index is 1.51. The lowest BCUT2D eigenvalue weighted by atomic mass is 9.74. The topological polar surface area (TPSA) is 51.3 Å². The molecule has 204 valence electrons. The summed E-state index contributed by atoms with van der Waals surface area (Å²) in [5.41, 5.74) is 9.30. The maximum atomic E-state index is 6.87. The molecule has 4 heteroatoms. The van der Waals surface area contributed by atoms with Gasteiger partial charge in [0.1, 0.15) is 11.3 Å². The molecule has 3 aromatic carbocycles. The molecule has 0 saturated carbocycles. The first kappa shape index (κ1) is 26.4. The Bertz CT molecular complexity index is 1780. The van der Waals surface area contributed by atoms with Gasteiger partial charge >= 0.3 is 0 Å². The number of hydrogen-bond donors (Lipinski definition) is 0. The summed E-state index contributed by atoms with van der Waals surface area (Å²) in [6.45, 7) is 17.9. The third-order valence-corrected chi connectivity index (χ3v) is 8.16. The van der Waals surface area contributed by atoms with Crippen LogP contribution in [0, 0.1) is 5.41 Å². The molecule has 4 nitrogen and oxygen atoms in total. The highest BCUT2D eigenvalue weighted by Gasteiger charge is 2.37. The third kappa shape index (κ3) is 4.44. The summed E-state index contributed by atoms with van der Waals surface area (Å²) < 4.78 is 6.87. The zero-order chi connectivity index (χ0) is 28.4. The van der Waals surface area contributed by atoms with Crippen LogP contribution in [0.1, 0.15) is 89.6 Å². The summed E-state index contributed by atoms with van der Waals surface area (Å²) in [6.07, 6.45) is 4.81. The van der Waals surface area contributed by atoms with Crippen molar-refractivity contribution in [3.05, 3.63) is 95.0 Å². The summed E-state index contributed by atoms with van der Waals surface area (Å²) in [4.78, 5) is 14.9. The summed E-state index contributed by atoms with van der Waals surface area (Å²) in [6, 6.07) is 21.5. The number of para-hydroxylation sites is 2. The highest BCUT2D eigenvalue weighted by Crippen LogP contribution is 2.47. The van der Waals surface area contributed by atoms with Gasteiger partial charge in [0, 0.05) is 45.3 Å². The predicted molar refractivity (Wildman–Crippen MR) is 166 cm³/mol. The van der Waals surface area contributed by atoms with Gasteiger partial charge in [-0.1, -0.05) is 110 Å². The van der Waals surface area contributed by atoms with Crippen molar-refractivity contribution in [2.45, 2.75) is 78.7 Å². The van der Waals surface area contributed by atoms with E-state index in [4.69, 9.17) is 19.4 Å². The van der Waals surface area contributed by atoms with E-state index in [0.717, 1.165) is 45.6 Å². The molecule has 5 aromatic rings. The second-order valence-corrected chi connectivity index (χ2v) is 14.0. The van der Waals surface area contributed by atoms with Crippen molar-refractivity contribution in [3.8, 4) is 11.1 Å². The Kier molecular flexibility index (Phi) is 6.03. The molecule has 1 aliphatic heterocycles. The summed E-state index contributed by atoms with van der Waals surface area (Å²) >= 11 is 0. The van der Waals surface area contributed by atoms with Crippen LogP contribution in [0.25, 0.3) is 33.1 Å². The van der Waals surface area contributed by atoms with E-state index in [0.29, 0.717) is 0 Å². The largest absolute Gasteiger partial charge is 0.460 e. The number of aliphatic imine (C=N–C) groups is 1. The predicted octanol–water partition coefficient (Wildman–Crippen LogP) is 9.38. The van der Waals surface area contributed by atoms with Gasteiger partial charge < -0.3 is 4.42 Å². The van der Waals surface area contributed by atoms with Crippen LogP contribution in [0.15, 0.2) is 76.3 Å². The van der Waals surface area contributed by atoms with E-state index in [1.54, 1.807) is 0 Å². The monoisotopic (exact) mass is 529 g/mol. The first-order valence-corrected chi connectivity index (χ1v) is 14.3. The van der Waals surface area contributed by atoms with E-state index in [2.05, 4.69) is 116 Å². The molecule has 1 unspecified atom stereocenters. The van der Waals surface area contributed by atoms with Crippen LogP contribution in [-0.2, 0) is 17.3 Å². The molecule has 2 aromatic heterocycles. The van der Waals surface area contributed by atoms with Crippen molar-refractivity contribution in [2.75, 3.05) is 0 Å². The van der Waals surface area contributed by atoms with E-state index in [9.17, 15) is 0 Å². The second-order valence-electron chi connectivity index (χ2n) is 14.0. The zero-order valence-electron chi connectivity index (χ0n) is 25.0. The fourth-order valence-corrected chi connectivity index (χ4v) is 6.07. The Hall–Kier alpha value is -3.79. The third-order valence-electron chi connectivity index (χ3n) is 8.16. The fraction of sp³-hybridized carbons (Fsp3) is 0.361. The minimum absolute atomic E-state index is 0.0641. The Labute approximate surface area is 237 Å². The number of rotatable bonds is 4. The highest BCUT2D eigenvalue weighted by atomic mass is 16.3. The Morgan fingerprint density at radius 2 is 1.50 bits per heavy atom. The SMILES string of the molecule is CC(C)(C)c1cnc2c(-c3cccc4c(CC(C)(C)C5N=Cc6ccccc65)c(C(C)(C)C)oc34)cccc2n1. The number of benzene rings is 3. The van der Waals surface area contributed by atoms with Gasteiger partial charge in [0.25, 0.3) is 0 Å². The van der Waals surface area contributed by atoms with Crippen molar-refractivity contribution in [1.82, 2.24) is 9.97 Å². The van der Waals surface area contributed by atoms with E-state index < -0.39 is 0 Å². The van der Waals surface area contributed by atoms with E-state index in [-0.39, 0.29) is 22.3 Å². The van der Waals surface area contributed by atoms with Crippen LogP contribution >= 0.6 is 0 Å². The van der Waals surface area contributed by atoms with Crippen LogP contribution in [0.3, 0.4) is 0 Å². The first-order valence-electron chi connectivity index (χ1n) is 14.3. The van der Waals surface area contributed by atoms with Gasteiger partial charge in [-0.05, 0) is 29.0 Å². The highest BCUT2D eigenvalue weighted by molar-refractivity contribution is 6.02. The number of hydrogen-bond acceptors (Lipinski definition) is 4. The molecule has 3 heterocycles. The molecule has 0 aliphatic carbocycles. The van der Waals surface area contributed by atoms with Gasteiger partial charge in [-0.2, -0.15) is 0 Å². The van der Waals surface area contributed by atoms with Crippen molar-refractivity contribution < 1.29 is 4.42 Å². The molecule has 0 N–H and O–H groups in total. The molecule has 6 rings (SSSR count).